The first-order valence-corrected chi connectivity index (χ1v) is 6.19. The van der Waals surface area contributed by atoms with E-state index in [2.05, 4.69) is 6.92 Å². The summed E-state index contributed by atoms with van der Waals surface area (Å²) in [7, 11) is 0. The third kappa shape index (κ3) is 2.76. The largest absolute Gasteiger partial charge is 0.478 e. The van der Waals surface area contributed by atoms with Gasteiger partial charge < -0.3 is 5.11 Å². The molecule has 1 aromatic carbocycles. The smallest absolute Gasteiger partial charge is 0.336 e. The van der Waals surface area contributed by atoms with E-state index < -0.39 is 5.97 Å². The molecular formula is C15H18O2. The van der Waals surface area contributed by atoms with Crippen molar-refractivity contribution in [1.29, 1.82) is 0 Å². The highest BCUT2D eigenvalue weighted by Gasteiger charge is 2.21. The summed E-state index contributed by atoms with van der Waals surface area (Å²) in [6, 6.07) is 9.47. The molecular weight excluding hydrogens is 212 g/mol. The number of benzene rings is 1. The Hall–Kier alpha value is -1.57. The average molecular weight is 230 g/mol. The molecule has 2 heteroatoms. The number of hydrogen-bond acceptors (Lipinski definition) is 1. The maximum Gasteiger partial charge on any atom is 0.336 e. The van der Waals surface area contributed by atoms with E-state index in [1.165, 1.54) is 6.42 Å². The fourth-order valence-corrected chi connectivity index (χ4v) is 2.60. The third-order valence-corrected chi connectivity index (χ3v) is 3.40. The summed E-state index contributed by atoms with van der Waals surface area (Å²) in [6.45, 7) is 2.20. The summed E-state index contributed by atoms with van der Waals surface area (Å²) in [5.74, 6) is -0.183. The Labute approximate surface area is 102 Å². The second-order valence-corrected chi connectivity index (χ2v) is 4.85. The predicted octanol–water partition coefficient (Wildman–Crippen LogP) is 3.73. The number of allylic oxidation sites excluding steroid dienone is 1. The molecule has 1 saturated carbocycles. The van der Waals surface area contributed by atoms with Gasteiger partial charge in [0, 0.05) is 0 Å². The van der Waals surface area contributed by atoms with Crippen molar-refractivity contribution in [1.82, 2.24) is 0 Å². The first-order valence-electron chi connectivity index (χ1n) is 6.19. The summed E-state index contributed by atoms with van der Waals surface area (Å²) in [5.41, 5.74) is 2.48. The van der Waals surface area contributed by atoms with Crippen LogP contribution in [-0.2, 0) is 4.79 Å². The molecule has 1 aliphatic carbocycles. The van der Waals surface area contributed by atoms with Crippen LogP contribution in [0.1, 0.15) is 38.2 Å². The Kier molecular flexibility index (Phi) is 3.62. The molecule has 1 N–H and O–H groups in total. The highest BCUT2D eigenvalue weighted by atomic mass is 16.4. The van der Waals surface area contributed by atoms with Gasteiger partial charge in [-0.25, -0.2) is 4.79 Å². The van der Waals surface area contributed by atoms with Crippen molar-refractivity contribution in [3.05, 3.63) is 41.5 Å². The Balaban J connectivity index is 2.41. The molecule has 0 spiro atoms. The highest BCUT2D eigenvalue weighted by molar-refractivity contribution is 6.16. The van der Waals surface area contributed by atoms with Crippen LogP contribution in [0, 0.1) is 5.92 Å². The van der Waals surface area contributed by atoms with Crippen LogP contribution in [0.5, 0.6) is 0 Å². The van der Waals surface area contributed by atoms with Crippen LogP contribution in [0.25, 0.3) is 5.57 Å². The van der Waals surface area contributed by atoms with E-state index in [-0.39, 0.29) is 0 Å². The summed E-state index contributed by atoms with van der Waals surface area (Å²) >= 11 is 0. The fraction of sp³-hybridized carbons (Fsp3) is 0.400. The van der Waals surface area contributed by atoms with Gasteiger partial charge in [-0.3, -0.25) is 0 Å². The van der Waals surface area contributed by atoms with Crippen molar-refractivity contribution < 1.29 is 9.90 Å². The van der Waals surface area contributed by atoms with E-state index in [4.69, 9.17) is 0 Å². The zero-order chi connectivity index (χ0) is 12.3. The Bertz CT molecular complexity index is 431. The van der Waals surface area contributed by atoms with Gasteiger partial charge in [-0.2, -0.15) is 0 Å². The van der Waals surface area contributed by atoms with Crippen LogP contribution in [0.3, 0.4) is 0 Å². The van der Waals surface area contributed by atoms with Crippen LogP contribution in [-0.4, -0.2) is 11.1 Å². The summed E-state index contributed by atoms with van der Waals surface area (Å²) in [6.07, 6.45) is 4.18. The molecule has 0 aliphatic heterocycles. The van der Waals surface area contributed by atoms with Gasteiger partial charge in [0.1, 0.15) is 0 Å². The quantitative estimate of drug-likeness (QED) is 0.786. The van der Waals surface area contributed by atoms with Gasteiger partial charge in [-0.1, -0.05) is 49.2 Å². The molecule has 0 aromatic heterocycles. The van der Waals surface area contributed by atoms with Gasteiger partial charge in [0.15, 0.2) is 0 Å². The molecule has 17 heavy (non-hydrogen) atoms. The van der Waals surface area contributed by atoms with Gasteiger partial charge in [0.05, 0.1) is 5.57 Å². The maximum atomic E-state index is 11.4. The standard InChI is InChI=1S/C15H18O2/c1-11-6-5-9-13(10-11)14(15(16)17)12-7-3-2-4-8-12/h2-4,7-8,11H,5-6,9-10H2,1H3,(H,16,17)/b14-13-/t11-/m1/s1. The monoisotopic (exact) mass is 230 g/mol. The molecule has 0 radical (unpaired) electrons. The zero-order valence-electron chi connectivity index (χ0n) is 10.1. The minimum absolute atomic E-state index is 0.525. The van der Waals surface area contributed by atoms with Crippen LogP contribution in [0.15, 0.2) is 35.9 Å². The molecule has 1 fully saturated rings. The molecule has 1 atom stereocenters. The van der Waals surface area contributed by atoms with Gasteiger partial charge in [-0.05, 0) is 30.7 Å². The van der Waals surface area contributed by atoms with Gasteiger partial charge in [-0.15, -0.1) is 0 Å². The lowest BCUT2D eigenvalue weighted by Gasteiger charge is -2.22. The van der Waals surface area contributed by atoms with E-state index in [0.29, 0.717) is 11.5 Å². The lowest BCUT2D eigenvalue weighted by Crippen LogP contribution is -2.11. The molecule has 2 rings (SSSR count). The van der Waals surface area contributed by atoms with Crippen LogP contribution in [0.2, 0.25) is 0 Å². The summed E-state index contributed by atoms with van der Waals surface area (Å²) < 4.78 is 0. The predicted molar refractivity (Wildman–Crippen MR) is 68.6 cm³/mol. The van der Waals surface area contributed by atoms with Crippen LogP contribution in [0.4, 0.5) is 0 Å². The molecule has 0 unspecified atom stereocenters. The molecule has 1 aliphatic rings. The maximum absolute atomic E-state index is 11.4. The number of carboxylic acid groups (broad SMARTS) is 1. The van der Waals surface area contributed by atoms with E-state index in [0.717, 1.165) is 30.4 Å². The number of rotatable bonds is 2. The van der Waals surface area contributed by atoms with Crippen molar-refractivity contribution in [2.24, 2.45) is 5.92 Å². The average Bonchev–Trinajstić information content (AvgIpc) is 2.30. The van der Waals surface area contributed by atoms with E-state index >= 15 is 0 Å². The van der Waals surface area contributed by atoms with E-state index in [9.17, 15) is 9.90 Å². The SMILES string of the molecule is C[C@@H]1CCC/C(=C(/C(=O)O)c2ccccc2)C1. The first kappa shape index (κ1) is 11.9. The molecule has 0 amide bonds. The van der Waals surface area contributed by atoms with Crippen molar-refractivity contribution in [2.45, 2.75) is 32.6 Å². The van der Waals surface area contributed by atoms with Gasteiger partial charge in [0.2, 0.25) is 0 Å². The van der Waals surface area contributed by atoms with Crippen LogP contribution < -0.4 is 0 Å². The Morgan fingerprint density at radius 2 is 2.00 bits per heavy atom. The van der Waals surface area contributed by atoms with Crippen molar-refractivity contribution >= 4 is 11.5 Å². The van der Waals surface area contributed by atoms with E-state index in [1.54, 1.807) is 0 Å². The molecule has 90 valence electrons. The van der Waals surface area contributed by atoms with Crippen molar-refractivity contribution in [3.63, 3.8) is 0 Å². The molecule has 0 bridgehead atoms. The molecule has 0 saturated heterocycles. The summed E-state index contributed by atoms with van der Waals surface area (Å²) in [4.78, 5) is 11.4. The highest BCUT2D eigenvalue weighted by Crippen LogP contribution is 2.33. The molecule has 1 aromatic rings. The minimum Gasteiger partial charge on any atom is -0.478 e. The number of carbonyl (C=O) groups is 1. The molecule has 2 nitrogen and oxygen atoms in total. The zero-order valence-corrected chi connectivity index (χ0v) is 10.1. The second-order valence-electron chi connectivity index (χ2n) is 4.85. The second kappa shape index (κ2) is 5.17. The lowest BCUT2D eigenvalue weighted by molar-refractivity contribution is -0.130. The fourth-order valence-electron chi connectivity index (χ4n) is 2.60. The molecule has 0 heterocycles. The van der Waals surface area contributed by atoms with Crippen molar-refractivity contribution in [3.8, 4) is 0 Å². The van der Waals surface area contributed by atoms with Gasteiger partial charge in [0.25, 0.3) is 0 Å². The van der Waals surface area contributed by atoms with Crippen molar-refractivity contribution in [2.75, 3.05) is 0 Å². The first-order chi connectivity index (χ1) is 8.18. The Morgan fingerprint density at radius 1 is 1.29 bits per heavy atom. The number of carboxylic acids is 1. The van der Waals surface area contributed by atoms with E-state index in [1.807, 2.05) is 30.3 Å². The summed E-state index contributed by atoms with van der Waals surface area (Å²) in [5, 5.41) is 9.41. The number of aliphatic carboxylic acids is 1. The van der Waals surface area contributed by atoms with Crippen LogP contribution >= 0.6 is 0 Å². The Morgan fingerprint density at radius 3 is 2.59 bits per heavy atom. The topological polar surface area (TPSA) is 37.3 Å². The third-order valence-electron chi connectivity index (χ3n) is 3.40. The lowest BCUT2D eigenvalue weighted by atomic mass is 9.83. The minimum atomic E-state index is -0.791. The normalized spacial score (nSPS) is 23.2. The number of hydrogen-bond donors (Lipinski definition) is 1. The van der Waals surface area contributed by atoms with Gasteiger partial charge >= 0.3 is 5.97 Å².